The van der Waals surface area contributed by atoms with Crippen LogP contribution in [0.4, 0.5) is 4.79 Å². The number of rotatable bonds is 4. The van der Waals surface area contributed by atoms with Crippen molar-refractivity contribution in [2.45, 2.75) is 44.8 Å². The fraction of sp³-hybridized carbons (Fsp3) is 0.684. The van der Waals surface area contributed by atoms with Crippen molar-refractivity contribution in [3.05, 3.63) is 30.1 Å². The van der Waals surface area contributed by atoms with E-state index in [0.29, 0.717) is 18.0 Å². The van der Waals surface area contributed by atoms with Gasteiger partial charge in [-0.1, -0.05) is 13.0 Å². The van der Waals surface area contributed by atoms with Crippen molar-refractivity contribution in [2.75, 3.05) is 33.3 Å². The highest BCUT2D eigenvalue weighted by Crippen LogP contribution is 2.21. The minimum atomic E-state index is -0.199. The first kappa shape index (κ1) is 18.1. The largest absolute Gasteiger partial charge is 0.453 e. The molecule has 2 aliphatic heterocycles. The van der Waals surface area contributed by atoms with Gasteiger partial charge >= 0.3 is 6.09 Å². The van der Waals surface area contributed by atoms with Gasteiger partial charge in [0, 0.05) is 51.0 Å². The summed E-state index contributed by atoms with van der Waals surface area (Å²) < 4.78 is 4.81. The summed E-state index contributed by atoms with van der Waals surface area (Å²) in [5.74, 6) is 0.621. The number of aromatic nitrogens is 1. The fourth-order valence-corrected chi connectivity index (χ4v) is 4.00. The zero-order valence-corrected chi connectivity index (χ0v) is 15.4. The summed E-state index contributed by atoms with van der Waals surface area (Å²) in [6.45, 7) is 7.07. The van der Waals surface area contributed by atoms with Crippen molar-refractivity contribution in [1.82, 2.24) is 20.1 Å². The molecule has 0 aromatic carbocycles. The number of nitrogens with zero attached hydrogens (tertiary/aromatic N) is 3. The van der Waals surface area contributed by atoms with E-state index in [1.165, 1.54) is 13.5 Å². The Bertz CT molecular complexity index is 546. The Morgan fingerprint density at radius 1 is 1.28 bits per heavy atom. The van der Waals surface area contributed by atoms with E-state index >= 15 is 0 Å². The third-order valence-electron chi connectivity index (χ3n) is 5.48. The minimum absolute atomic E-state index is 0.199. The van der Waals surface area contributed by atoms with Crippen LogP contribution in [0, 0.1) is 5.92 Å². The maximum absolute atomic E-state index is 11.6. The molecule has 0 radical (unpaired) electrons. The highest BCUT2D eigenvalue weighted by molar-refractivity contribution is 5.67. The van der Waals surface area contributed by atoms with Crippen LogP contribution in [0.3, 0.4) is 0 Å². The molecule has 6 heteroatoms. The Kier molecular flexibility index (Phi) is 6.26. The van der Waals surface area contributed by atoms with Gasteiger partial charge in [0.2, 0.25) is 0 Å². The molecule has 0 spiro atoms. The maximum Gasteiger partial charge on any atom is 0.409 e. The number of pyridine rings is 1. The van der Waals surface area contributed by atoms with E-state index in [9.17, 15) is 4.79 Å². The van der Waals surface area contributed by atoms with Crippen LogP contribution in [-0.2, 0) is 11.3 Å². The fourth-order valence-electron chi connectivity index (χ4n) is 4.00. The summed E-state index contributed by atoms with van der Waals surface area (Å²) in [6, 6.07) is 7.20. The van der Waals surface area contributed by atoms with Gasteiger partial charge in [0.15, 0.2) is 0 Å². The van der Waals surface area contributed by atoms with Gasteiger partial charge in [-0.3, -0.25) is 9.88 Å². The third kappa shape index (κ3) is 4.92. The Hall–Kier alpha value is -1.66. The lowest BCUT2D eigenvalue weighted by Crippen LogP contribution is -2.53. The zero-order chi connectivity index (χ0) is 17.6. The number of nitrogens with one attached hydrogen (secondary N) is 1. The van der Waals surface area contributed by atoms with Crippen LogP contribution in [-0.4, -0.2) is 66.2 Å². The Morgan fingerprint density at radius 3 is 2.72 bits per heavy atom. The predicted octanol–water partition coefficient (Wildman–Crippen LogP) is 2.11. The molecule has 3 heterocycles. The highest BCUT2D eigenvalue weighted by Gasteiger charge is 2.30. The van der Waals surface area contributed by atoms with E-state index in [1.54, 1.807) is 4.90 Å². The number of likely N-dealkylation sites (tertiary alicyclic amines) is 2. The topological polar surface area (TPSA) is 57.7 Å². The lowest BCUT2D eigenvalue weighted by molar-refractivity contribution is 0.0986. The molecular weight excluding hydrogens is 316 g/mol. The van der Waals surface area contributed by atoms with Gasteiger partial charge in [0.25, 0.3) is 0 Å². The van der Waals surface area contributed by atoms with Gasteiger partial charge in [0.1, 0.15) is 0 Å². The molecule has 3 rings (SSSR count). The Balaban J connectivity index is 1.42. The van der Waals surface area contributed by atoms with Crippen molar-refractivity contribution in [3.8, 4) is 0 Å². The van der Waals surface area contributed by atoms with Crippen molar-refractivity contribution >= 4 is 6.09 Å². The standard InChI is InChI=1S/C19H30N4O2/c1-15-13-22(14-17-5-3-4-9-20-17)10-8-18(15)21-16-6-11-23(12-7-16)19(24)25-2/h3-5,9,15-16,18,21H,6-8,10-14H2,1-2H3/t15-,18+/m1/s1. The van der Waals surface area contributed by atoms with E-state index < -0.39 is 0 Å². The Labute approximate surface area is 150 Å². The number of piperidine rings is 2. The number of methoxy groups -OCH3 is 1. The molecule has 2 saturated heterocycles. The third-order valence-corrected chi connectivity index (χ3v) is 5.48. The van der Waals surface area contributed by atoms with Crippen LogP contribution in [0.1, 0.15) is 31.9 Å². The van der Waals surface area contributed by atoms with Crippen LogP contribution < -0.4 is 5.32 Å². The predicted molar refractivity (Wildman–Crippen MR) is 97.2 cm³/mol. The number of hydrogen-bond acceptors (Lipinski definition) is 5. The lowest BCUT2D eigenvalue weighted by Gasteiger charge is -2.40. The van der Waals surface area contributed by atoms with Gasteiger partial charge < -0.3 is 15.0 Å². The number of carbonyl (C=O) groups excluding carboxylic acids is 1. The second-order valence-corrected chi connectivity index (χ2v) is 7.33. The van der Waals surface area contributed by atoms with Crippen LogP contribution in [0.15, 0.2) is 24.4 Å². The summed E-state index contributed by atoms with van der Waals surface area (Å²) in [7, 11) is 1.45. The number of hydrogen-bond donors (Lipinski definition) is 1. The zero-order valence-electron chi connectivity index (χ0n) is 15.4. The van der Waals surface area contributed by atoms with E-state index in [4.69, 9.17) is 4.74 Å². The number of amides is 1. The maximum atomic E-state index is 11.6. The molecule has 1 amide bonds. The summed E-state index contributed by atoms with van der Waals surface area (Å²) in [5.41, 5.74) is 1.15. The first-order valence-corrected chi connectivity index (χ1v) is 9.37. The quantitative estimate of drug-likeness (QED) is 0.905. The normalized spacial score (nSPS) is 25.8. The summed E-state index contributed by atoms with van der Waals surface area (Å²) in [6.07, 6.45) is 4.86. The van der Waals surface area contributed by atoms with Crippen molar-refractivity contribution in [3.63, 3.8) is 0 Å². The van der Waals surface area contributed by atoms with E-state index in [0.717, 1.165) is 51.3 Å². The summed E-state index contributed by atoms with van der Waals surface area (Å²) in [4.78, 5) is 20.3. The van der Waals surface area contributed by atoms with E-state index in [1.807, 2.05) is 12.3 Å². The average Bonchev–Trinajstić information content (AvgIpc) is 2.65. The molecule has 2 atom stereocenters. The van der Waals surface area contributed by atoms with Crippen LogP contribution in [0.25, 0.3) is 0 Å². The molecule has 0 unspecified atom stereocenters. The molecule has 0 aliphatic carbocycles. The smallest absolute Gasteiger partial charge is 0.409 e. The first-order valence-electron chi connectivity index (χ1n) is 9.37. The molecule has 25 heavy (non-hydrogen) atoms. The Morgan fingerprint density at radius 2 is 2.08 bits per heavy atom. The number of ether oxygens (including phenoxy) is 1. The molecule has 1 aromatic heterocycles. The molecular formula is C19H30N4O2. The van der Waals surface area contributed by atoms with E-state index in [2.05, 4.69) is 34.3 Å². The second kappa shape index (κ2) is 8.63. The van der Waals surface area contributed by atoms with Crippen LogP contribution >= 0.6 is 0 Å². The van der Waals surface area contributed by atoms with Crippen LogP contribution in [0.5, 0.6) is 0 Å². The molecule has 6 nitrogen and oxygen atoms in total. The average molecular weight is 346 g/mol. The van der Waals surface area contributed by atoms with Crippen molar-refractivity contribution in [2.24, 2.45) is 5.92 Å². The van der Waals surface area contributed by atoms with Gasteiger partial charge in [-0.25, -0.2) is 4.79 Å². The highest BCUT2D eigenvalue weighted by atomic mass is 16.5. The van der Waals surface area contributed by atoms with Crippen molar-refractivity contribution in [1.29, 1.82) is 0 Å². The molecule has 0 bridgehead atoms. The first-order chi connectivity index (χ1) is 12.2. The summed E-state index contributed by atoms with van der Waals surface area (Å²) in [5, 5.41) is 3.85. The van der Waals surface area contributed by atoms with Gasteiger partial charge in [0.05, 0.1) is 12.8 Å². The molecule has 138 valence electrons. The molecule has 0 saturated carbocycles. The monoisotopic (exact) mass is 346 g/mol. The lowest BCUT2D eigenvalue weighted by atomic mass is 9.91. The molecule has 2 aliphatic rings. The SMILES string of the molecule is COC(=O)N1CCC(N[C@H]2CCN(Cc3ccccn3)C[C@H]2C)CC1. The minimum Gasteiger partial charge on any atom is -0.453 e. The van der Waals surface area contributed by atoms with Gasteiger partial charge in [-0.15, -0.1) is 0 Å². The molecule has 2 fully saturated rings. The van der Waals surface area contributed by atoms with Crippen LogP contribution in [0.2, 0.25) is 0 Å². The van der Waals surface area contributed by atoms with Gasteiger partial charge in [-0.05, 0) is 37.3 Å². The molecule has 1 N–H and O–H groups in total. The summed E-state index contributed by atoms with van der Waals surface area (Å²) >= 11 is 0. The van der Waals surface area contributed by atoms with Gasteiger partial charge in [-0.2, -0.15) is 0 Å². The van der Waals surface area contributed by atoms with E-state index in [-0.39, 0.29) is 6.09 Å². The van der Waals surface area contributed by atoms with Crippen molar-refractivity contribution < 1.29 is 9.53 Å². The second-order valence-electron chi connectivity index (χ2n) is 7.33. The molecule has 1 aromatic rings. The number of carbonyl (C=O) groups is 1.